The molecule has 2 N–H and O–H groups in total. The minimum Gasteiger partial charge on any atom is -0.329 e. The van der Waals surface area contributed by atoms with Crippen LogP contribution in [0.2, 0.25) is 0 Å². The van der Waals surface area contributed by atoms with E-state index in [9.17, 15) is 4.79 Å². The zero-order chi connectivity index (χ0) is 12.1. The third-order valence-electron chi connectivity index (χ3n) is 4.52. The van der Waals surface area contributed by atoms with E-state index in [2.05, 4.69) is 6.08 Å². The van der Waals surface area contributed by atoms with Crippen LogP contribution in [0.4, 0.5) is 0 Å². The Morgan fingerprint density at radius 3 is 2.53 bits per heavy atom. The lowest BCUT2D eigenvalue weighted by molar-refractivity contribution is -0.126. The van der Waals surface area contributed by atoms with Crippen LogP contribution >= 0.6 is 0 Å². The van der Waals surface area contributed by atoms with E-state index in [1.807, 2.05) is 0 Å². The third-order valence-corrected chi connectivity index (χ3v) is 4.52. The van der Waals surface area contributed by atoms with Crippen molar-refractivity contribution in [1.29, 1.82) is 0 Å². The Morgan fingerprint density at radius 1 is 1.12 bits per heavy atom. The fraction of sp³-hybridized carbons (Fsp3) is 0.800. The highest BCUT2D eigenvalue weighted by Crippen LogP contribution is 2.39. The molecular weight excluding hydrogens is 210 g/mol. The topological polar surface area (TPSA) is 43.1 Å². The highest BCUT2D eigenvalue weighted by molar-refractivity contribution is 6.00. The summed E-state index contributed by atoms with van der Waals surface area (Å²) in [5.74, 6) is 0.390. The summed E-state index contributed by atoms with van der Waals surface area (Å²) in [4.78, 5) is 12.7. The molecule has 0 heterocycles. The number of nitrogens with two attached hydrogens (primary N) is 1. The number of hydrogen-bond donors (Lipinski definition) is 1. The molecule has 0 aromatic carbocycles. The van der Waals surface area contributed by atoms with Crippen LogP contribution in [0, 0.1) is 5.41 Å². The Balaban J connectivity index is 2.12. The number of ketones is 1. The van der Waals surface area contributed by atoms with E-state index in [0.717, 1.165) is 31.3 Å². The van der Waals surface area contributed by atoms with Crippen LogP contribution in [0.5, 0.6) is 0 Å². The summed E-state index contributed by atoms with van der Waals surface area (Å²) >= 11 is 0. The van der Waals surface area contributed by atoms with E-state index in [0.29, 0.717) is 12.3 Å². The molecule has 0 amide bonds. The standard InChI is InChI=1S/C15H25NO/c16-12-15(10-6-3-7-11-15)14(17)13-8-4-1-2-5-9-13/h8H,1-7,9-12,16H2. The molecule has 0 unspecified atom stereocenters. The van der Waals surface area contributed by atoms with E-state index in [4.69, 9.17) is 5.73 Å². The summed E-state index contributed by atoms with van der Waals surface area (Å²) < 4.78 is 0. The summed E-state index contributed by atoms with van der Waals surface area (Å²) in [6, 6.07) is 0. The quantitative estimate of drug-likeness (QED) is 0.815. The van der Waals surface area contributed by atoms with Gasteiger partial charge >= 0.3 is 0 Å². The maximum absolute atomic E-state index is 12.7. The van der Waals surface area contributed by atoms with Crippen molar-refractivity contribution in [2.24, 2.45) is 11.1 Å². The van der Waals surface area contributed by atoms with Crippen LogP contribution < -0.4 is 5.73 Å². The van der Waals surface area contributed by atoms with Crippen molar-refractivity contribution in [3.05, 3.63) is 11.6 Å². The number of carbonyl (C=O) groups is 1. The maximum atomic E-state index is 12.7. The van der Waals surface area contributed by atoms with Gasteiger partial charge < -0.3 is 5.73 Å². The van der Waals surface area contributed by atoms with Crippen molar-refractivity contribution in [2.45, 2.75) is 64.2 Å². The van der Waals surface area contributed by atoms with Gasteiger partial charge in [0.1, 0.15) is 0 Å². The van der Waals surface area contributed by atoms with E-state index in [1.54, 1.807) is 0 Å². The predicted octanol–water partition coefficient (Wildman–Crippen LogP) is 3.36. The van der Waals surface area contributed by atoms with E-state index < -0.39 is 0 Å². The van der Waals surface area contributed by atoms with Crippen LogP contribution in [0.3, 0.4) is 0 Å². The number of Topliss-reactive ketones (excluding diaryl/α,β-unsaturated/α-hetero) is 1. The van der Waals surface area contributed by atoms with Gasteiger partial charge in [-0.15, -0.1) is 0 Å². The molecule has 0 bridgehead atoms. The van der Waals surface area contributed by atoms with Crippen molar-refractivity contribution >= 4 is 5.78 Å². The van der Waals surface area contributed by atoms with E-state index in [-0.39, 0.29) is 5.41 Å². The Morgan fingerprint density at radius 2 is 1.82 bits per heavy atom. The minimum atomic E-state index is -0.200. The summed E-state index contributed by atoms with van der Waals surface area (Å²) in [6.45, 7) is 0.545. The van der Waals surface area contributed by atoms with Gasteiger partial charge in [-0.2, -0.15) is 0 Å². The fourth-order valence-corrected chi connectivity index (χ4v) is 3.31. The number of hydrogen-bond acceptors (Lipinski definition) is 2. The Labute approximate surface area is 105 Å². The average Bonchev–Trinajstić information content (AvgIpc) is 2.67. The van der Waals surface area contributed by atoms with Crippen LogP contribution in [-0.4, -0.2) is 12.3 Å². The summed E-state index contributed by atoms with van der Waals surface area (Å²) in [7, 11) is 0. The molecule has 1 fully saturated rings. The molecule has 17 heavy (non-hydrogen) atoms. The molecule has 0 saturated heterocycles. The van der Waals surface area contributed by atoms with Gasteiger partial charge in [0.15, 0.2) is 5.78 Å². The molecular formula is C15H25NO. The molecule has 0 aromatic rings. The van der Waals surface area contributed by atoms with E-state index >= 15 is 0 Å². The molecule has 2 heteroatoms. The zero-order valence-electron chi connectivity index (χ0n) is 10.8. The first kappa shape index (κ1) is 12.8. The average molecular weight is 235 g/mol. The predicted molar refractivity (Wildman–Crippen MR) is 70.7 cm³/mol. The van der Waals surface area contributed by atoms with Gasteiger partial charge in [-0.05, 0) is 44.1 Å². The van der Waals surface area contributed by atoms with Gasteiger partial charge in [0, 0.05) is 12.0 Å². The second kappa shape index (κ2) is 5.81. The molecule has 2 rings (SSSR count). The van der Waals surface area contributed by atoms with Gasteiger partial charge in [-0.3, -0.25) is 4.79 Å². The van der Waals surface area contributed by atoms with Crippen LogP contribution in [0.15, 0.2) is 11.6 Å². The molecule has 0 aromatic heterocycles. The second-order valence-electron chi connectivity index (χ2n) is 5.70. The monoisotopic (exact) mass is 235 g/mol. The molecule has 0 aliphatic heterocycles. The lowest BCUT2D eigenvalue weighted by Gasteiger charge is -2.35. The highest BCUT2D eigenvalue weighted by atomic mass is 16.1. The van der Waals surface area contributed by atoms with Crippen LogP contribution in [-0.2, 0) is 4.79 Å². The van der Waals surface area contributed by atoms with Gasteiger partial charge in [0.25, 0.3) is 0 Å². The smallest absolute Gasteiger partial charge is 0.165 e. The summed E-state index contributed by atoms with van der Waals surface area (Å²) in [6.07, 6.45) is 13.6. The van der Waals surface area contributed by atoms with Crippen LogP contribution in [0.1, 0.15) is 64.2 Å². The second-order valence-corrected chi connectivity index (χ2v) is 5.70. The molecule has 2 aliphatic carbocycles. The number of rotatable bonds is 3. The number of allylic oxidation sites excluding steroid dienone is 2. The first-order valence-electron chi connectivity index (χ1n) is 7.22. The van der Waals surface area contributed by atoms with Crippen LogP contribution in [0.25, 0.3) is 0 Å². The molecule has 0 radical (unpaired) electrons. The van der Waals surface area contributed by atoms with Gasteiger partial charge in [-0.1, -0.05) is 31.8 Å². The molecule has 1 saturated carbocycles. The Hall–Kier alpha value is -0.630. The van der Waals surface area contributed by atoms with Gasteiger partial charge in [-0.25, -0.2) is 0 Å². The first-order valence-corrected chi connectivity index (χ1v) is 7.22. The fourth-order valence-electron chi connectivity index (χ4n) is 3.31. The van der Waals surface area contributed by atoms with E-state index in [1.165, 1.54) is 38.5 Å². The van der Waals surface area contributed by atoms with Crippen molar-refractivity contribution in [1.82, 2.24) is 0 Å². The lowest BCUT2D eigenvalue weighted by Crippen LogP contribution is -2.41. The van der Waals surface area contributed by atoms with Crippen molar-refractivity contribution in [3.8, 4) is 0 Å². The SMILES string of the molecule is NCC1(C(=O)C2=CCCCCC2)CCCCC1. The van der Waals surface area contributed by atoms with Crippen molar-refractivity contribution in [2.75, 3.05) is 6.54 Å². The maximum Gasteiger partial charge on any atom is 0.165 e. The normalized spacial score (nSPS) is 24.9. The highest BCUT2D eigenvalue weighted by Gasteiger charge is 2.39. The Kier molecular flexibility index (Phi) is 4.38. The third kappa shape index (κ3) is 2.79. The molecule has 0 spiro atoms. The lowest BCUT2D eigenvalue weighted by atomic mass is 9.69. The van der Waals surface area contributed by atoms with Gasteiger partial charge in [0.2, 0.25) is 0 Å². The van der Waals surface area contributed by atoms with Crippen molar-refractivity contribution in [3.63, 3.8) is 0 Å². The van der Waals surface area contributed by atoms with Crippen molar-refractivity contribution < 1.29 is 4.79 Å². The molecule has 2 nitrogen and oxygen atoms in total. The summed E-state index contributed by atoms with van der Waals surface area (Å²) in [5.41, 5.74) is 6.83. The molecule has 2 aliphatic rings. The Bertz CT molecular complexity index is 300. The first-order chi connectivity index (χ1) is 8.28. The molecule has 0 atom stereocenters. The number of carbonyl (C=O) groups excluding carboxylic acids is 1. The zero-order valence-corrected chi connectivity index (χ0v) is 10.8. The summed E-state index contributed by atoms with van der Waals surface area (Å²) in [5, 5.41) is 0. The molecule has 96 valence electrons. The largest absolute Gasteiger partial charge is 0.329 e. The minimum absolute atomic E-state index is 0.200. The van der Waals surface area contributed by atoms with Gasteiger partial charge in [0.05, 0.1) is 0 Å².